The number of aromatic nitrogens is 1. The predicted molar refractivity (Wildman–Crippen MR) is 78.0 cm³/mol. The quantitative estimate of drug-likeness (QED) is 0.587. The first kappa shape index (κ1) is 13.5. The summed E-state index contributed by atoms with van der Waals surface area (Å²) in [5, 5.41) is 0. The van der Waals surface area contributed by atoms with Gasteiger partial charge < -0.3 is 0 Å². The summed E-state index contributed by atoms with van der Waals surface area (Å²) in [6.07, 6.45) is 3.25. The summed E-state index contributed by atoms with van der Waals surface area (Å²) in [4.78, 5) is 33.9. The van der Waals surface area contributed by atoms with Crippen LogP contribution in [0.2, 0.25) is 0 Å². The number of amides is 2. The molecular formula is C16H15N3O2. The molecule has 0 spiro atoms. The Kier molecular flexibility index (Phi) is 3.09. The fourth-order valence-electron chi connectivity index (χ4n) is 2.95. The molecule has 1 aromatic heterocycles. The Morgan fingerprint density at radius 3 is 2.24 bits per heavy atom. The lowest BCUT2D eigenvalue weighted by molar-refractivity contribution is -0.120. The Morgan fingerprint density at radius 1 is 1.14 bits per heavy atom. The van der Waals surface area contributed by atoms with Gasteiger partial charge in [0.25, 0.3) is 11.8 Å². The van der Waals surface area contributed by atoms with Crippen LogP contribution in [0.4, 0.5) is 11.5 Å². The summed E-state index contributed by atoms with van der Waals surface area (Å²) in [6, 6.07) is 1.68. The molecule has 0 radical (unpaired) electrons. The van der Waals surface area contributed by atoms with Crippen molar-refractivity contribution >= 4 is 23.3 Å². The first-order valence-corrected chi connectivity index (χ1v) is 7.01. The first-order chi connectivity index (χ1) is 10.0. The summed E-state index contributed by atoms with van der Waals surface area (Å²) >= 11 is 0. The van der Waals surface area contributed by atoms with Gasteiger partial charge in [0.2, 0.25) is 5.69 Å². The highest BCUT2D eigenvalue weighted by atomic mass is 16.2. The number of anilines is 1. The van der Waals surface area contributed by atoms with Crippen LogP contribution in [0, 0.1) is 20.4 Å². The Labute approximate surface area is 123 Å². The van der Waals surface area contributed by atoms with E-state index in [0.29, 0.717) is 46.8 Å². The molecule has 0 atom stereocenters. The molecule has 5 heteroatoms. The van der Waals surface area contributed by atoms with Crippen molar-refractivity contribution in [2.24, 2.45) is 0 Å². The highest BCUT2D eigenvalue weighted by Gasteiger charge is 2.40. The van der Waals surface area contributed by atoms with Gasteiger partial charge in [0.05, 0.1) is 6.57 Å². The summed E-state index contributed by atoms with van der Waals surface area (Å²) in [7, 11) is 0. The molecule has 2 heterocycles. The number of carbonyl (C=O) groups is 2. The Balaban J connectivity index is 2.07. The second-order valence-electron chi connectivity index (χ2n) is 5.46. The van der Waals surface area contributed by atoms with Gasteiger partial charge in [-0.25, -0.2) is 14.7 Å². The predicted octanol–water partition coefficient (Wildman–Crippen LogP) is 2.99. The van der Waals surface area contributed by atoms with Gasteiger partial charge in [-0.2, -0.15) is 0 Å². The van der Waals surface area contributed by atoms with Crippen molar-refractivity contribution in [1.29, 1.82) is 0 Å². The van der Waals surface area contributed by atoms with E-state index in [1.54, 1.807) is 19.9 Å². The van der Waals surface area contributed by atoms with Gasteiger partial charge in [0.1, 0.15) is 5.82 Å². The highest BCUT2D eigenvalue weighted by molar-refractivity contribution is 6.32. The molecule has 2 amide bonds. The monoisotopic (exact) mass is 281 g/mol. The smallest absolute Gasteiger partial charge is 0.262 e. The third-order valence-electron chi connectivity index (χ3n) is 4.07. The summed E-state index contributed by atoms with van der Waals surface area (Å²) < 4.78 is 0. The molecule has 1 aliphatic heterocycles. The number of nitrogens with zero attached hydrogens (tertiary/aromatic N) is 3. The van der Waals surface area contributed by atoms with E-state index >= 15 is 0 Å². The fourth-order valence-corrected chi connectivity index (χ4v) is 2.95. The molecule has 21 heavy (non-hydrogen) atoms. The van der Waals surface area contributed by atoms with Crippen LogP contribution in [0.25, 0.3) is 4.85 Å². The van der Waals surface area contributed by atoms with E-state index in [9.17, 15) is 9.59 Å². The molecule has 106 valence electrons. The Morgan fingerprint density at radius 2 is 1.71 bits per heavy atom. The van der Waals surface area contributed by atoms with Crippen LogP contribution in [-0.4, -0.2) is 16.8 Å². The van der Waals surface area contributed by atoms with Gasteiger partial charge in [-0.15, -0.1) is 0 Å². The van der Waals surface area contributed by atoms with Gasteiger partial charge in [0, 0.05) is 16.8 Å². The number of rotatable bonds is 1. The number of imide groups is 1. The summed E-state index contributed by atoms with van der Waals surface area (Å²) in [6.45, 7) is 10.6. The topological polar surface area (TPSA) is 54.6 Å². The third-order valence-corrected chi connectivity index (χ3v) is 4.07. The van der Waals surface area contributed by atoms with E-state index in [1.807, 2.05) is 0 Å². The van der Waals surface area contributed by atoms with Crippen LogP contribution in [-0.2, 0) is 9.59 Å². The number of hydrogen-bond donors (Lipinski definition) is 0. The maximum Gasteiger partial charge on any atom is 0.262 e. The lowest BCUT2D eigenvalue weighted by atomic mass is 9.93. The second kappa shape index (κ2) is 4.81. The van der Waals surface area contributed by atoms with Crippen molar-refractivity contribution in [3.05, 3.63) is 39.9 Å². The highest BCUT2D eigenvalue weighted by Crippen LogP contribution is 2.36. The average molecular weight is 281 g/mol. The van der Waals surface area contributed by atoms with E-state index in [0.717, 1.165) is 12.8 Å². The van der Waals surface area contributed by atoms with E-state index < -0.39 is 0 Å². The van der Waals surface area contributed by atoms with Crippen molar-refractivity contribution in [3.8, 4) is 0 Å². The molecule has 0 aromatic carbocycles. The molecule has 3 rings (SSSR count). The Hall–Kier alpha value is -2.48. The third kappa shape index (κ3) is 1.95. The van der Waals surface area contributed by atoms with Crippen LogP contribution in [0.15, 0.2) is 17.2 Å². The van der Waals surface area contributed by atoms with Gasteiger partial charge >= 0.3 is 0 Å². The normalized spacial score (nSPS) is 18.0. The Bertz CT molecular complexity index is 713. The largest absolute Gasteiger partial charge is 0.269 e. The zero-order valence-electron chi connectivity index (χ0n) is 12.1. The van der Waals surface area contributed by atoms with Crippen molar-refractivity contribution in [3.63, 3.8) is 0 Å². The minimum Gasteiger partial charge on any atom is -0.269 e. The van der Waals surface area contributed by atoms with E-state index in [1.165, 1.54) is 4.90 Å². The second-order valence-corrected chi connectivity index (χ2v) is 5.46. The molecule has 1 aromatic rings. The zero-order valence-corrected chi connectivity index (χ0v) is 12.1. The van der Waals surface area contributed by atoms with E-state index in [2.05, 4.69) is 9.83 Å². The molecule has 5 nitrogen and oxygen atoms in total. The lowest BCUT2D eigenvalue weighted by Gasteiger charge is -2.17. The molecule has 0 unspecified atom stereocenters. The van der Waals surface area contributed by atoms with Crippen molar-refractivity contribution in [1.82, 2.24) is 4.98 Å². The van der Waals surface area contributed by atoms with Crippen molar-refractivity contribution < 1.29 is 9.59 Å². The fraction of sp³-hybridized carbons (Fsp3) is 0.375. The lowest BCUT2D eigenvalue weighted by Crippen LogP contribution is -2.33. The molecular weight excluding hydrogens is 266 g/mol. The van der Waals surface area contributed by atoms with Gasteiger partial charge in [-0.1, -0.05) is 0 Å². The number of carbonyl (C=O) groups excluding carboxylic acids is 2. The van der Waals surface area contributed by atoms with Crippen molar-refractivity contribution in [2.45, 2.75) is 39.5 Å². The standard InChI is InChI=1S/C16H15N3O2/c1-9-8-13(17-3)10(2)18-14(9)19-15(20)11-6-4-5-7-12(11)16(19)21/h8H,4-7H2,1-2H3. The molecule has 2 aliphatic rings. The molecule has 0 fully saturated rings. The average Bonchev–Trinajstić information content (AvgIpc) is 2.74. The molecule has 0 bridgehead atoms. The molecule has 0 saturated carbocycles. The van der Waals surface area contributed by atoms with Crippen LogP contribution in [0.1, 0.15) is 36.9 Å². The minimum absolute atomic E-state index is 0.236. The molecule has 0 saturated heterocycles. The number of aryl methyl sites for hydroxylation is 2. The summed E-state index contributed by atoms with van der Waals surface area (Å²) in [5.41, 5.74) is 2.97. The van der Waals surface area contributed by atoms with Crippen molar-refractivity contribution in [2.75, 3.05) is 4.90 Å². The van der Waals surface area contributed by atoms with Crippen LogP contribution in [0.5, 0.6) is 0 Å². The van der Waals surface area contributed by atoms with Crippen LogP contribution < -0.4 is 4.90 Å². The van der Waals surface area contributed by atoms with Gasteiger partial charge in [-0.3, -0.25) is 9.59 Å². The van der Waals surface area contributed by atoms with E-state index in [4.69, 9.17) is 6.57 Å². The zero-order chi connectivity index (χ0) is 15.1. The number of hydrogen-bond acceptors (Lipinski definition) is 3. The van der Waals surface area contributed by atoms with E-state index in [-0.39, 0.29) is 11.8 Å². The van der Waals surface area contributed by atoms with Crippen LogP contribution >= 0.6 is 0 Å². The first-order valence-electron chi connectivity index (χ1n) is 7.01. The van der Waals surface area contributed by atoms with Gasteiger partial charge in [-0.05, 0) is 51.2 Å². The number of pyridine rings is 1. The van der Waals surface area contributed by atoms with Gasteiger partial charge in [0.15, 0.2) is 0 Å². The molecule has 0 N–H and O–H groups in total. The maximum absolute atomic E-state index is 12.5. The maximum atomic E-state index is 12.5. The van der Waals surface area contributed by atoms with Crippen LogP contribution in [0.3, 0.4) is 0 Å². The summed E-state index contributed by atoms with van der Waals surface area (Å²) in [5.74, 6) is -0.107. The SMILES string of the molecule is [C-]#[N+]c1cc(C)c(N2C(=O)C3=C(CCCC3)C2=O)nc1C. The minimum atomic E-state index is -0.236. The molecule has 1 aliphatic carbocycles.